The van der Waals surface area contributed by atoms with Gasteiger partial charge < -0.3 is 5.32 Å². The minimum Gasteiger partial charge on any atom is -0.317 e. The Morgan fingerprint density at radius 2 is 2.16 bits per heavy atom. The molecular formula is C14H23ClFN3. The van der Waals surface area contributed by atoms with Crippen LogP contribution in [0.1, 0.15) is 44.5 Å². The van der Waals surface area contributed by atoms with Crippen molar-refractivity contribution in [1.82, 2.24) is 15.1 Å². The maximum Gasteiger partial charge on any atom is 0.117 e. The second-order valence-corrected chi connectivity index (χ2v) is 5.69. The lowest BCUT2D eigenvalue weighted by atomic mass is 9.91. The summed E-state index contributed by atoms with van der Waals surface area (Å²) in [4.78, 5) is 0. The van der Waals surface area contributed by atoms with E-state index in [9.17, 15) is 4.39 Å². The fourth-order valence-electron chi connectivity index (χ4n) is 2.76. The van der Waals surface area contributed by atoms with Crippen LogP contribution in [0, 0.1) is 0 Å². The molecule has 108 valence electrons. The van der Waals surface area contributed by atoms with Gasteiger partial charge >= 0.3 is 0 Å². The van der Waals surface area contributed by atoms with E-state index in [1.54, 1.807) is 0 Å². The lowest BCUT2D eigenvalue weighted by Gasteiger charge is -2.23. The summed E-state index contributed by atoms with van der Waals surface area (Å²) in [6, 6.07) is 0. The van der Waals surface area contributed by atoms with E-state index >= 15 is 0 Å². The van der Waals surface area contributed by atoms with Crippen LogP contribution >= 0.6 is 11.6 Å². The minimum absolute atomic E-state index is 0.383. The number of hydrogen-bond acceptors (Lipinski definition) is 2. The van der Waals surface area contributed by atoms with Gasteiger partial charge in [-0.05, 0) is 45.7 Å². The van der Waals surface area contributed by atoms with Crippen molar-refractivity contribution in [3.63, 3.8) is 0 Å². The Kier molecular flexibility index (Phi) is 4.85. The maximum atomic E-state index is 15.0. The van der Waals surface area contributed by atoms with Crippen molar-refractivity contribution < 1.29 is 4.39 Å². The standard InChI is InChI=1S/C14H23ClFN3/c1-3-11-13(15)12(19(4-2)18-11)10-14(16)6-5-8-17-9-7-14/h17H,3-10H2,1-2H3. The zero-order valence-corrected chi connectivity index (χ0v) is 12.6. The lowest BCUT2D eigenvalue weighted by Crippen LogP contribution is -2.29. The van der Waals surface area contributed by atoms with E-state index in [4.69, 9.17) is 11.6 Å². The first-order valence-electron chi connectivity index (χ1n) is 7.23. The number of halogens is 2. The third-order valence-electron chi connectivity index (χ3n) is 3.91. The highest BCUT2D eigenvalue weighted by Gasteiger charge is 2.33. The van der Waals surface area contributed by atoms with E-state index in [0.29, 0.717) is 24.3 Å². The molecule has 0 amide bonds. The van der Waals surface area contributed by atoms with E-state index in [0.717, 1.165) is 43.9 Å². The maximum absolute atomic E-state index is 15.0. The van der Waals surface area contributed by atoms with E-state index in [-0.39, 0.29) is 0 Å². The molecule has 1 aliphatic rings. The molecule has 5 heteroatoms. The van der Waals surface area contributed by atoms with Gasteiger partial charge in [0.05, 0.1) is 16.4 Å². The van der Waals surface area contributed by atoms with Crippen molar-refractivity contribution in [2.75, 3.05) is 13.1 Å². The highest BCUT2D eigenvalue weighted by atomic mass is 35.5. The summed E-state index contributed by atoms with van der Waals surface area (Å²) in [6.07, 6.45) is 3.22. The lowest BCUT2D eigenvalue weighted by molar-refractivity contribution is 0.141. The Morgan fingerprint density at radius 1 is 1.37 bits per heavy atom. The average Bonchev–Trinajstić information content (AvgIpc) is 2.57. The van der Waals surface area contributed by atoms with E-state index in [1.165, 1.54) is 0 Å². The predicted octanol–water partition coefficient (Wildman–Crippen LogP) is 3.14. The Bertz CT molecular complexity index is 423. The first-order valence-corrected chi connectivity index (χ1v) is 7.61. The molecule has 0 aliphatic carbocycles. The van der Waals surface area contributed by atoms with Crippen molar-refractivity contribution in [2.24, 2.45) is 0 Å². The summed E-state index contributed by atoms with van der Waals surface area (Å²) in [5.41, 5.74) is 0.602. The van der Waals surface area contributed by atoms with Gasteiger partial charge in [-0.2, -0.15) is 5.10 Å². The minimum atomic E-state index is -1.15. The first-order chi connectivity index (χ1) is 9.09. The van der Waals surface area contributed by atoms with Crippen LogP contribution in [0.4, 0.5) is 4.39 Å². The van der Waals surface area contributed by atoms with Crippen LogP contribution in [-0.2, 0) is 19.4 Å². The van der Waals surface area contributed by atoms with Crippen LogP contribution in [0.25, 0.3) is 0 Å². The van der Waals surface area contributed by atoms with Gasteiger partial charge in [0.1, 0.15) is 5.67 Å². The van der Waals surface area contributed by atoms with Crippen LogP contribution in [0.2, 0.25) is 5.02 Å². The summed E-state index contributed by atoms with van der Waals surface area (Å²) >= 11 is 6.36. The Labute approximate surface area is 119 Å². The van der Waals surface area contributed by atoms with Gasteiger partial charge in [-0.1, -0.05) is 18.5 Å². The van der Waals surface area contributed by atoms with Crippen molar-refractivity contribution in [3.8, 4) is 0 Å². The molecule has 0 radical (unpaired) electrons. The van der Waals surface area contributed by atoms with Crippen LogP contribution in [0.5, 0.6) is 0 Å². The van der Waals surface area contributed by atoms with Crippen LogP contribution < -0.4 is 5.32 Å². The van der Waals surface area contributed by atoms with Crippen molar-refractivity contribution in [1.29, 1.82) is 0 Å². The Hall–Kier alpha value is -0.610. The molecule has 1 atom stereocenters. The SMILES string of the molecule is CCc1nn(CC)c(CC2(F)CCCNCC2)c1Cl. The van der Waals surface area contributed by atoms with Gasteiger partial charge in [0.15, 0.2) is 0 Å². The number of nitrogens with one attached hydrogen (secondary N) is 1. The summed E-state index contributed by atoms with van der Waals surface area (Å²) in [5, 5.41) is 8.39. The Morgan fingerprint density at radius 3 is 2.84 bits per heavy atom. The quantitative estimate of drug-likeness (QED) is 0.922. The zero-order chi connectivity index (χ0) is 13.9. The van der Waals surface area contributed by atoms with Crippen molar-refractivity contribution in [3.05, 3.63) is 16.4 Å². The zero-order valence-electron chi connectivity index (χ0n) is 11.8. The van der Waals surface area contributed by atoms with Crippen molar-refractivity contribution >= 4 is 11.6 Å². The molecule has 1 aromatic rings. The smallest absolute Gasteiger partial charge is 0.117 e. The van der Waals surface area contributed by atoms with Gasteiger partial charge in [0, 0.05) is 13.0 Å². The largest absolute Gasteiger partial charge is 0.317 e. The molecule has 1 aromatic heterocycles. The van der Waals surface area contributed by atoms with Gasteiger partial charge in [-0.15, -0.1) is 0 Å². The number of rotatable bonds is 4. The number of nitrogens with zero attached hydrogens (tertiary/aromatic N) is 2. The normalized spacial score (nSPS) is 24.4. The molecule has 0 saturated carbocycles. The number of alkyl halides is 1. The molecule has 19 heavy (non-hydrogen) atoms. The molecule has 0 spiro atoms. The Balaban J connectivity index is 2.23. The number of hydrogen-bond donors (Lipinski definition) is 1. The average molecular weight is 288 g/mol. The summed E-state index contributed by atoms with van der Waals surface area (Å²) < 4.78 is 16.9. The molecular weight excluding hydrogens is 265 g/mol. The van der Waals surface area contributed by atoms with Crippen LogP contribution in [-0.4, -0.2) is 28.5 Å². The third kappa shape index (κ3) is 3.29. The second kappa shape index (κ2) is 6.23. The number of aryl methyl sites for hydroxylation is 2. The molecule has 1 aliphatic heterocycles. The molecule has 0 aromatic carbocycles. The fourth-order valence-corrected chi connectivity index (χ4v) is 3.09. The predicted molar refractivity (Wildman–Crippen MR) is 76.6 cm³/mol. The van der Waals surface area contributed by atoms with Crippen LogP contribution in [0.15, 0.2) is 0 Å². The summed E-state index contributed by atoms with van der Waals surface area (Å²) in [7, 11) is 0. The van der Waals surface area contributed by atoms with E-state index in [2.05, 4.69) is 10.4 Å². The highest BCUT2D eigenvalue weighted by molar-refractivity contribution is 6.31. The molecule has 1 unspecified atom stereocenters. The van der Waals surface area contributed by atoms with Crippen LogP contribution in [0.3, 0.4) is 0 Å². The fraction of sp³-hybridized carbons (Fsp3) is 0.786. The molecule has 1 fully saturated rings. The highest BCUT2D eigenvalue weighted by Crippen LogP contribution is 2.32. The van der Waals surface area contributed by atoms with E-state index < -0.39 is 5.67 Å². The second-order valence-electron chi connectivity index (χ2n) is 5.31. The monoisotopic (exact) mass is 287 g/mol. The first kappa shape index (κ1) is 14.8. The molecule has 2 heterocycles. The third-order valence-corrected chi connectivity index (χ3v) is 4.34. The molecule has 0 bridgehead atoms. The molecule has 1 saturated heterocycles. The molecule has 2 rings (SSSR count). The summed E-state index contributed by atoms with van der Waals surface area (Å²) in [6.45, 7) is 6.44. The molecule has 3 nitrogen and oxygen atoms in total. The van der Waals surface area contributed by atoms with E-state index in [1.807, 2.05) is 18.5 Å². The number of aromatic nitrogens is 2. The van der Waals surface area contributed by atoms with Gasteiger partial charge in [-0.25, -0.2) is 4.39 Å². The van der Waals surface area contributed by atoms with Gasteiger partial charge in [0.25, 0.3) is 0 Å². The van der Waals surface area contributed by atoms with Crippen molar-refractivity contribution in [2.45, 2.75) is 58.2 Å². The molecule has 1 N–H and O–H groups in total. The summed E-state index contributed by atoms with van der Waals surface area (Å²) in [5.74, 6) is 0. The topological polar surface area (TPSA) is 29.9 Å². The van der Waals surface area contributed by atoms with Gasteiger partial charge in [-0.3, -0.25) is 4.68 Å². The van der Waals surface area contributed by atoms with Gasteiger partial charge in [0.2, 0.25) is 0 Å².